The Morgan fingerprint density at radius 1 is 1.42 bits per heavy atom. The number of hydrogen-bond acceptors (Lipinski definition) is 3. The van der Waals surface area contributed by atoms with Crippen molar-refractivity contribution in [2.45, 2.75) is 33.1 Å². The average molecular weight is 260 g/mol. The van der Waals surface area contributed by atoms with Crippen molar-refractivity contribution in [3.63, 3.8) is 0 Å². The number of ether oxygens (including phenoxy) is 1. The molecule has 0 aromatic heterocycles. The van der Waals surface area contributed by atoms with E-state index in [0.29, 0.717) is 11.3 Å². The van der Waals surface area contributed by atoms with Gasteiger partial charge in [0.2, 0.25) is 0 Å². The van der Waals surface area contributed by atoms with Crippen molar-refractivity contribution in [3.8, 4) is 11.8 Å². The van der Waals surface area contributed by atoms with E-state index in [0.717, 1.165) is 11.1 Å². The van der Waals surface area contributed by atoms with Crippen LogP contribution in [-0.4, -0.2) is 19.6 Å². The zero-order chi connectivity index (χ0) is 14.6. The molecule has 0 aliphatic heterocycles. The molecule has 0 fully saturated rings. The van der Waals surface area contributed by atoms with E-state index in [1.165, 1.54) is 0 Å². The molecule has 102 valence electrons. The number of nitrogens with zero attached hydrogens (tertiary/aromatic N) is 1. The van der Waals surface area contributed by atoms with E-state index in [2.05, 4.69) is 26.1 Å². The highest BCUT2D eigenvalue weighted by Gasteiger charge is 2.24. The Morgan fingerprint density at radius 3 is 2.53 bits per heavy atom. The van der Waals surface area contributed by atoms with Crippen LogP contribution in [0.2, 0.25) is 0 Å². The Kier molecular flexibility index (Phi) is 4.55. The fourth-order valence-electron chi connectivity index (χ4n) is 1.93. The quantitative estimate of drug-likeness (QED) is 0.849. The molecule has 1 aromatic rings. The first-order valence-corrected chi connectivity index (χ1v) is 6.15. The Hall–Kier alpha value is -2.02. The third-order valence-electron chi connectivity index (χ3n) is 2.82. The molecule has 0 spiro atoms. The SMILES string of the molecule is COc1c(C(=O)NCC#N)cc(C)cc1C(C)(C)C. The average Bonchev–Trinajstić information content (AvgIpc) is 2.33. The molecule has 0 bridgehead atoms. The molecule has 1 N–H and O–H groups in total. The molecule has 0 aliphatic rings. The standard InChI is InChI=1S/C15H20N2O2/c1-10-8-11(14(18)17-7-6-16)13(19-5)12(9-10)15(2,3)4/h8-9H,7H2,1-5H3,(H,17,18). The van der Waals surface area contributed by atoms with Gasteiger partial charge in [-0.05, 0) is 24.0 Å². The minimum absolute atomic E-state index is 0.0131. The Bertz CT molecular complexity index is 522. The van der Waals surface area contributed by atoms with Crippen LogP contribution in [0, 0.1) is 18.3 Å². The monoisotopic (exact) mass is 260 g/mol. The summed E-state index contributed by atoms with van der Waals surface area (Å²) in [4.78, 5) is 12.1. The van der Waals surface area contributed by atoms with Gasteiger partial charge in [-0.15, -0.1) is 0 Å². The third kappa shape index (κ3) is 3.47. The van der Waals surface area contributed by atoms with E-state index in [-0.39, 0.29) is 17.9 Å². The topological polar surface area (TPSA) is 62.1 Å². The summed E-state index contributed by atoms with van der Waals surface area (Å²) >= 11 is 0. The van der Waals surface area contributed by atoms with Crippen molar-refractivity contribution in [1.82, 2.24) is 5.32 Å². The lowest BCUT2D eigenvalue weighted by Gasteiger charge is -2.24. The molecule has 4 nitrogen and oxygen atoms in total. The highest BCUT2D eigenvalue weighted by atomic mass is 16.5. The van der Waals surface area contributed by atoms with Gasteiger partial charge in [-0.3, -0.25) is 4.79 Å². The van der Waals surface area contributed by atoms with Gasteiger partial charge in [-0.2, -0.15) is 5.26 Å². The normalized spacial score (nSPS) is 10.7. The molecule has 0 atom stereocenters. The first-order valence-electron chi connectivity index (χ1n) is 6.15. The number of rotatable bonds is 3. The lowest BCUT2D eigenvalue weighted by molar-refractivity contribution is 0.0955. The second kappa shape index (κ2) is 5.75. The molecular weight excluding hydrogens is 240 g/mol. The summed E-state index contributed by atoms with van der Waals surface area (Å²) in [7, 11) is 1.56. The number of benzene rings is 1. The molecule has 0 saturated heterocycles. The van der Waals surface area contributed by atoms with Crippen molar-refractivity contribution < 1.29 is 9.53 Å². The molecule has 19 heavy (non-hydrogen) atoms. The maximum atomic E-state index is 12.1. The van der Waals surface area contributed by atoms with Gasteiger partial charge in [0.1, 0.15) is 12.3 Å². The zero-order valence-electron chi connectivity index (χ0n) is 12.1. The minimum Gasteiger partial charge on any atom is -0.496 e. The summed E-state index contributed by atoms with van der Waals surface area (Å²) < 4.78 is 5.42. The number of amides is 1. The van der Waals surface area contributed by atoms with Gasteiger partial charge in [0.25, 0.3) is 5.91 Å². The van der Waals surface area contributed by atoms with Crippen LogP contribution in [0.3, 0.4) is 0 Å². The van der Waals surface area contributed by atoms with Crippen LogP contribution < -0.4 is 10.1 Å². The first kappa shape index (κ1) is 15.0. The Labute approximate surface area is 114 Å². The van der Waals surface area contributed by atoms with Crippen LogP contribution in [0.5, 0.6) is 5.75 Å². The third-order valence-corrected chi connectivity index (χ3v) is 2.82. The van der Waals surface area contributed by atoms with Gasteiger partial charge in [0.15, 0.2) is 0 Å². The Balaban J connectivity index is 3.36. The van der Waals surface area contributed by atoms with Gasteiger partial charge in [-0.25, -0.2) is 0 Å². The molecule has 0 saturated carbocycles. The molecule has 1 amide bonds. The smallest absolute Gasteiger partial charge is 0.255 e. The second-order valence-electron chi connectivity index (χ2n) is 5.48. The summed E-state index contributed by atoms with van der Waals surface area (Å²) in [5.74, 6) is 0.293. The molecule has 0 heterocycles. The predicted octanol–water partition coefficient (Wildman–Crippen LogP) is 2.55. The highest BCUT2D eigenvalue weighted by molar-refractivity contribution is 5.97. The molecular formula is C15H20N2O2. The summed E-state index contributed by atoms with van der Waals surface area (Å²) in [6.07, 6.45) is 0. The van der Waals surface area contributed by atoms with Crippen molar-refractivity contribution in [1.29, 1.82) is 5.26 Å². The van der Waals surface area contributed by atoms with Crippen LogP contribution in [-0.2, 0) is 5.41 Å². The fourth-order valence-corrected chi connectivity index (χ4v) is 1.93. The molecule has 1 rings (SSSR count). The minimum atomic E-state index is -0.285. The molecule has 0 radical (unpaired) electrons. The summed E-state index contributed by atoms with van der Waals surface area (Å²) in [6, 6.07) is 5.70. The van der Waals surface area contributed by atoms with Gasteiger partial charge in [-0.1, -0.05) is 26.8 Å². The summed E-state index contributed by atoms with van der Waals surface area (Å²) in [5.41, 5.74) is 2.33. The van der Waals surface area contributed by atoms with E-state index in [4.69, 9.17) is 10.00 Å². The van der Waals surface area contributed by atoms with E-state index in [9.17, 15) is 4.79 Å². The number of hydrogen-bond donors (Lipinski definition) is 1. The van der Waals surface area contributed by atoms with Crippen molar-refractivity contribution in [2.75, 3.05) is 13.7 Å². The molecule has 1 aromatic carbocycles. The van der Waals surface area contributed by atoms with Crippen LogP contribution >= 0.6 is 0 Å². The molecule has 4 heteroatoms. The van der Waals surface area contributed by atoms with E-state index in [1.807, 2.05) is 19.1 Å². The molecule has 0 aliphatic carbocycles. The lowest BCUT2D eigenvalue weighted by Crippen LogP contribution is -2.25. The lowest BCUT2D eigenvalue weighted by atomic mass is 9.84. The zero-order valence-corrected chi connectivity index (χ0v) is 12.1. The number of carbonyl (C=O) groups excluding carboxylic acids is 1. The van der Waals surface area contributed by atoms with Gasteiger partial charge < -0.3 is 10.1 Å². The number of nitriles is 1. The predicted molar refractivity (Wildman–Crippen MR) is 74.4 cm³/mol. The second-order valence-corrected chi connectivity index (χ2v) is 5.48. The van der Waals surface area contributed by atoms with Gasteiger partial charge in [0, 0.05) is 5.56 Å². The first-order chi connectivity index (χ1) is 8.81. The number of carbonyl (C=O) groups is 1. The van der Waals surface area contributed by atoms with Crippen molar-refractivity contribution in [3.05, 3.63) is 28.8 Å². The van der Waals surface area contributed by atoms with E-state index < -0.39 is 0 Å². The van der Waals surface area contributed by atoms with Crippen LogP contribution in [0.15, 0.2) is 12.1 Å². The number of aryl methyl sites for hydroxylation is 1. The van der Waals surface area contributed by atoms with Gasteiger partial charge in [0.05, 0.1) is 18.7 Å². The van der Waals surface area contributed by atoms with Crippen LogP contribution in [0.1, 0.15) is 42.3 Å². The van der Waals surface area contributed by atoms with Crippen molar-refractivity contribution in [2.24, 2.45) is 0 Å². The molecule has 0 unspecified atom stereocenters. The number of methoxy groups -OCH3 is 1. The largest absolute Gasteiger partial charge is 0.496 e. The maximum absolute atomic E-state index is 12.1. The van der Waals surface area contributed by atoms with E-state index >= 15 is 0 Å². The highest BCUT2D eigenvalue weighted by Crippen LogP contribution is 2.35. The summed E-state index contributed by atoms with van der Waals surface area (Å²) in [6.45, 7) is 8.14. The fraction of sp³-hybridized carbons (Fsp3) is 0.467. The van der Waals surface area contributed by atoms with Crippen LogP contribution in [0.4, 0.5) is 0 Å². The Morgan fingerprint density at radius 2 is 2.05 bits per heavy atom. The summed E-state index contributed by atoms with van der Waals surface area (Å²) in [5, 5.41) is 11.1. The van der Waals surface area contributed by atoms with E-state index in [1.54, 1.807) is 13.2 Å². The van der Waals surface area contributed by atoms with Crippen LogP contribution in [0.25, 0.3) is 0 Å². The maximum Gasteiger partial charge on any atom is 0.255 e. The number of nitrogens with one attached hydrogen (secondary N) is 1. The van der Waals surface area contributed by atoms with Crippen molar-refractivity contribution >= 4 is 5.91 Å². The van der Waals surface area contributed by atoms with Gasteiger partial charge >= 0.3 is 0 Å².